The van der Waals surface area contributed by atoms with Gasteiger partial charge < -0.3 is 9.64 Å². The molecule has 0 aromatic heterocycles. The highest BCUT2D eigenvalue weighted by atomic mass is 16.5. The van der Waals surface area contributed by atoms with Crippen LogP contribution in [0.5, 0.6) is 0 Å². The molecule has 0 bridgehead atoms. The van der Waals surface area contributed by atoms with Gasteiger partial charge in [-0.05, 0) is 6.42 Å². The fourth-order valence-corrected chi connectivity index (χ4v) is 1.43. The van der Waals surface area contributed by atoms with Crippen molar-refractivity contribution in [3.8, 4) is 0 Å². The summed E-state index contributed by atoms with van der Waals surface area (Å²) in [6, 6.07) is 0. The summed E-state index contributed by atoms with van der Waals surface area (Å²) in [7, 11) is 0. The quantitative estimate of drug-likeness (QED) is 0.489. The molecule has 1 aliphatic rings. The smallest absolute Gasteiger partial charge is 0.330 e. The van der Waals surface area contributed by atoms with E-state index in [-0.39, 0.29) is 18.4 Å². The second-order valence-electron chi connectivity index (χ2n) is 3.39. The lowest BCUT2D eigenvalue weighted by atomic mass is 10.1. The predicted molar refractivity (Wildman–Crippen MR) is 51.5 cm³/mol. The van der Waals surface area contributed by atoms with Crippen molar-refractivity contribution in [3.05, 3.63) is 12.7 Å². The molecule has 1 saturated heterocycles. The molecular formula is C10H15NO3. The molecule has 1 unspecified atom stereocenters. The molecule has 1 amide bonds. The molecular weight excluding hydrogens is 182 g/mol. The first-order valence-electron chi connectivity index (χ1n) is 4.73. The Labute approximate surface area is 83.5 Å². The standard InChI is InChI=1S/C10H15NO3/c1-3-9(12)14-7-6-11-5-4-8(2)10(11)13/h3,8H,1,4-7H2,2H3. The number of carbonyl (C=O) groups excluding carboxylic acids is 2. The van der Waals surface area contributed by atoms with Crippen molar-refractivity contribution in [3.63, 3.8) is 0 Å². The fourth-order valence-electron chi connectivity index (χ4n) is 1.43. The number of amides is 1. The average Bonchev–Trinajstić information content (AvgIpc) is 2.49. The third-order valence-electron chi connectivity index (χ3n) is 2.34. The molecule has 78 valence electrons. The average molecular weight is 197 g/mol. The maximum Gasteiger partial charge on any atom is 0.330 e. The van der Waals surface area contributed by atoms with Crippen LogP contribution in [0.25, 0.3) is 0 Å². The van der Waals surface area contributed by atoms with E-state index in [2.05, 4.69) is 6.58 Å². The van der Waals surface area contributed by atoms with Gasteiger partial charge in [0.15, 0.2) is 0 Å². The van der Waals surface area contributed by atoms with Crippen LogP contribution in [0, 0.1) is 5.92 Å². The fraction of sp³-hybridized carbons (Fsp3) is 0.600. The zero-order valence-electron chi connectivity index (χ0n) is 8.36. The normalized spacial score (nSPS) is 21.1. The Hall–Kier alpha value is -1.32. The van der Waals surface area contributed by atoms with E-state index < -0.39 is 5.97 Å². The van der Waals surface area contributed by atoms with Crippen LogP contribution in [-0.2, 0) is 14.3 Å². The Balaban J connectivity index is 2.22. The number of likely N-dealkylation sites (tertiary alicyclic amines) is 1. The van der Waals surface area contributed by atoms with Crippen molar-refractivity contribution >= 4 is 11.9 Å². The van der Waals surface area contributed by atoms with Gasteiger partial charge in [-0.3, -0.25) is 4.79 Å². The number of hydrogen-bond donors (Lipinski definition) is 0. The number of nitrogens with zero attached hydrogens (tertiary/aromatic N) is 1. The van der Waals surface area contributed by atoms with Crippen molar-refractivity contribution in [2.24, 2.45) is 5.92 Å². The van der Waals surface area contributed by atoms with E-state index in [0.717, 1.165) is 19.0 Å². The van der Waals surface area contributed by atoms with Crippen LogP contribution < -0.4 is 0 Å². The zero-order chi connectivity index (χ0) is 10.6. The van der Waals surface area contributed by atoms with E-state index in [0.29, 0.717) is 6.54 Å². The van der Waals surface area contributed by atoms with Crippen LogP contribution in [0.15, 0.2) is 12.7 Å². The molecule has 14 heavy (non-hydrogen) atoms. The van der Waals surface area contributed by atoms with Crippen LogP contribution in [0.2, 0.25) is 0 Å². The maximum atomic E-state index is 11.4. The van der Waals surface area contributed by atoms with Gasteiger partial charge in [-0.25, -0.2) is 4.79 Å². The lowest BCUT2D eigenvalue weighted by molar-refractivity contribution is -0.140. The van der Waals surface area contributed by atoms with Crippen molar-refractivity contribution in [2.75, 3.05) is 19.7 Å². The molecule has 0 aromatic carbocycles. The SMILES string of the molecule is C=CC(=O)OCCN1CCC(C)C1=O. The van der Waals surface area contributed by atoms with Gasteiger partial charge in [-0.2, -0.15) is 0 Å². The molecule has 1 rings (SSSR count). The highest BCUT2D eigenvalue weighted by molar-refractivity contribution is 5.81. The Morgan fingerprint density at radius 1 is 1.79 bits per heavy atom. The van der Waals surface area contributed by atoms with Crippen LogP contribution in [0.3, 0.4) is 0 Å². The summed E-state index contributed by atoms with van der Waals surface area (Å²) in [5.41, 5.74) is 0. The van der Waals surface area contributed by atoms with Crippen molar-refractivity contribution in [1.29, 1.82) is 0 Å². The van der Waals surface area contributed by atoms with Gasteiger partial charge in [0.05, 0.1) is 6.54 Å². The van der Waals surface area contributed by atoms with E-state index in [4.69, 9.17) is 4.74 Å². The number of esters is 1. The zero-order valence-corrected chi connectivity index (χ0v) is 8.36. The molecule has 0 radical (unpaired) electrons. The minimum atomic E-state index is -0.440. The third-order valence-corrected chi connectivity index (χ3v) is 2.34. The lowest BCUT2D eigenvalue weighted by Crippen LogP contribution is -2.30. The maximum absolute atomic E-state index is 11.4. The summed E-state index contributed by atoms with van der Waals surface area (Å²) in [5, 5.41) is 0. The molecule has 1 fully saturated rings. The van der Waals surface area contributed by atoms with E-state index in [1.165, 1.54) is 0 Å². The third kappa shape index (κ3) is 2.58. The minimum Gasteiger partial charge on any atom is -0.461 e. The molecule has 0 N–H and O–H groups in total. The first kappa shape index (κ1) is 10.8. The van der Waals surface area contributed by atoms with Gasteiger partial charge in [0, 0.05) is 18.5 Å². The molecule has 1 heterocycles. The largest absolute Gasteiger partial charge is 0.461 e. The second kappa shape index (κ2) is 4.79. The lowest BCUT2D eigenvalue weighted by Gasteiger charge is -2.15. The molecule has 4 heteroatoms. The van der Waals surface area contributed by atoms with Gasteiger partial charge in [-0.15, -0.1) is 0 Å². The van der Waals surface area contributed by atoms with E-state index in [1.807, 2.05) is 6.92 Å². The number of rotatable bonds is 4. The summed E-state index contributed by atoms with van der Waals surface area (Å²) in [6.45, 7) is 6.71. The number of carbonyl (C=O) groups is 2. The second-order valence-corrected chi connectivity index (χ2v) is 3.39. The summed E-state index contributed by atoms with van der Waals surface area (Å²) in [5.74, 6) is -0.172. The molecule has 1 atom stereocenters. The molecule has 0 aromatic rings. The molecule has 0 spiro atoms. The number of hydrogen-bond acceptors (Lipinski definition) is 3. The highest BCUT2D eigenvalue weighted by Crippen LogP contribution is 2.16. The van der Waals surface area contributed by atoms with Crippen LogP contribution in [0.1, 0.15) is 13.3 Å². The van der Waals surface area contributed by atoms with Crippen molar-refractivity contribution < 1.29 is 14.3 Å². The van der Waals surface area contributed by atoms with Crippen LogP contribution in [-0.4, -0.2) is 36.5 Å². The van der Waals surface area contributed by atoms with Gasteiger partial charge in [-0.1, -0.05) is 13.5 Å². The Kier molecular flexibility index (Phi) is 3.68. The Bertz CT molecular complexity index is 250. The highest BCUT2D eigenvalue weighted by Gasteiger charge is 2.27. The monoisotopic (exact) mass is 197 g/mol. The van der Waals surface area contributed by atoms with Crippen LogP contribution in [0.4, 0.5) is 0 Å². The summed E-state index contributed by atoms with van der Waals surface area (Å²) in [4.78, 5) is 23.8. The molecule has 4 nitrogen and oxygen atoms in total. The Morgan fingerprint density at radius 3 is 3.00 bits per heavy atom. The topological polar surface area (TPSA) is 46.6 Å². The predicted octanol–water partition coefficient (Wildman–Crippen LogP) is 0.584. The van der Waals surface area contributed by atoms with E-state index in [1.54, 1.807) is 4.90 Å². The first-order valence-corrected chi connectivity index (χ1v) is 4.73. The van der Waals surface area contributed by atoms with Crippen molar-refractivity contribution in [2.45, 2.75) is 13.3 Å². The molecule has 0 saturated carbocycles. The Morgan fingerprint density at radius 2 is 2.50 bits per heavy atom. The number of ether oxygens (including phenoxy) is 1. The van der Waals surface area contributed by atoms with Gasteiger partial charge >= 0.3 is 5.97 Å². The first-order chi connectivity index (χ1) is 6.65. The van der Waals surface area contributed by atoms with E-state index >= 15 is 0 Å². The summed E-state index contributed by atoms with van der Waals surface area (Å²) in [6.07, 6.45) is 2.02. The van der Waals surface area contributed by atoms with Gasteiger partial charge in [0.2, 0.25) is 5.91 Å². The summed E-state index contributed by atoms with van der Waals surface area (Å²) >= 11 is 0. The van der Waals surface area contributed by atoms with Crippen LogP contribution >= 0.6 is 0 Å². The minimum absolute atomic E-state index is 0.116. The van der Waals surface area contributed by atoms with E-state index in [9.17, 15) is 9.59 Å². The molecule has 0 aliphatic carbocycles. The van der Waals surface area contributed by atoms with Gasteiger partial charge in [0.25, 0.3) is 0 Å². The molecule has 1 aliphatic heterocycles. The summed E-state index contributed by atoms with van der Waals surface area (Å²) < 4.78 is 4.79. The van der Waals surface area contributed by atoms with Gasteiger partial charge in [0.1, 0.15) is 6.61 Å². The van der Waals surface area contributed by atoms with Crippen molar-refractivity contribution in [1.82, 2.24) is 4.90 Å².